The molecule has 0 atom stereocenters. The van der Waals surface area contributed by atoms with E-state index in [1.807, 2.05) is 0 Å². The molecule has 0 bridgehead atoms. The van der Waals surface area contributed by atoms with Crippen molar-refractivity contribution in [1.82, 2.24) is 0 Å². The normalized spacial score (nSPS) is 10.7. The molecule has 0 aliphatic heterocycles. The van der Waals surface area contributed by atoms with Gasteiger partial charge < -0.3 is 9.84 Å². The minimum Gasteiger partial charge on any atom is -0.506 e. The number of phenols is 1. The first-order chi connectivity index (χ1) is 7.00. The number of hydrogen-bond donors (Lipinski definition) is 1. The lowest BCUT2D eigenvalue weighted by molar-refractivity contribution is 0.201. The van der Waals surface area contributed by atoms with Crippen LogP contribution in [0.3, 0.4) is 0 Å². The molecule has 0 saturated carbocycles. The Morgan fingerprint density at radius 3 is 2.07 bits per heavy atom. The number of halogens is 4. The van der Waals surface area contributed by atoms with Gasteiger partial charge in [-0.25, -0.2) is 0 Å². The van der Waals surface area contributed by atoms with Crippen LogP contribution in [0, 0.1) is 14.3 Å². The van der Waals surface area contributed by atoms with E-state index in [0.717, 1.165) is 22.7 Å². The Morgan fingerprint density at radius 2 is 1.53 bits per heavy atom. The monoisotopic (exact) mass is 656 g/mol. The molecule has 0 saturated heterocycles. The Hall–Kier alpha value is 1.90. The molecule has 6 heteroatoms. The van der Waals surface area contributed by atoms with Gasteiger partial charge in [0.15, 0.2) is 0 Å². The van der Waals surface area contributed by atoms with Gasteiger partial charge in [-0.1, -0.05) is 0 Å². The van der Waals surface area contributed by atoms with Gasteiger partial charge in [0.25, 0.3) is 0 Å². The van der Waals surface area contributed by atoms with Crippen LogP contribution in [-0.4, -0.2) is 18.8 Å². The van der Waals surface area contributed by atoms with Crippen LogP contribution < -0.4 is 0 Å². The smallest absolute Gasteiger partial charge is 0.134 e. The zero-order valence-corrected chi connectivity index (χ0v) is 16.4. The molecule has 0 aliphatic carbocycles. The Labute approximate surface area is 143 Å². The highest BCUT2D eigenvalue weighted by Gasteiger charge is 2.17. The first kappa shape index (κ1) is 15.0. The second kappa shape index (κ2) is 6.73. The van der Waals surface area contributed by atoms with E-state index < -0.39 is 0 Å². The van der Waals surface area contributed by atoms with E-state index in [1.54, 1.807) is 7.11 Å². The Morgan fingerprint density at radius 1 is 1.00 bits per heavy atom. The molecular weight excluding hydrogens is 648 g/mol. The van der Waals surface area contributed by atoms with Gasteiger partial charge in [-0.05, 0) is 90.4 Å². The molecule has 1 aromatic carbocycles. The average molecular weight is 656 g/mol. The zero-order valence-electron chi connectivity index (χ0n) is 7.78. The highest BCUT2D eigenvalue weighted by molar-refractivity contribution is 14.1. The van der Waals surface area contributed by atoms with E-state index in [2.05, 4.69) is 90.4 Å². The van der Waals surface area contributed by atoms with E-state index in [-0.39, 0.29) is 0 Å². The number of hydrogen-bond acceptors (Lipinski definition) is 2. The van der Waals surface area contributed by atoms with Crippen LogP contribution in [0.5, 0.6) is 5.75 Å². The maximum atomic E-state index is 10.0. The van der Waals surface area contributed by atoms with E-state index in [9.17, 15) is 5.11 Å². The molecule has 0 fully saturated rings. The highest BCUT2D eigenvalue weighted by Crippen LogP contribution is 2.36. The fourth-order valence-corrected chi connectivity index (χ4v) is 4.64. The van der Waals surface area contributed by atoms with Gasteiger partial charge in [-0.3, -0.25) is 0 Å². The lowest BCUT2D eigenvalue weighted by atomic mass is 10.1. The molecule has 0 heterocycles. The van der Waals surface area contributed by atoms with Crippen molar-refractivity contribution in [2.75, 3.05) is 13.7 Å². The Balaban J connectivity index is 3.26. The van der Waals surface area contributed by atoms with Crippen molar-refractivity contribution in [2.45, 2.75) is 6.42 Å². The summed E-state index contributed by atoms with van der Waals surface area (Å²) in [4.78, 5) is 0. The first-order valence-electron chi connectivity index (χ1n) is 4.03. The summed E-state index contributed by atoms with van der Waals surface area (Å²) in [5.74, 6) is 0.405. The summed E-state index contributed by atoms with van der Waals surface area (Å²) in [6.07, 6.45) is 0.754. The molecule has 1 N–H and O–H groups in total. The third kappa shape index (κ3) is 3.44. The minimum absolute atomic E-state index is 0.405. The summed E-state index contributed by atoms with van der Waals surface area (Å²) < 4.78 is 9.44. The maximum Gasteiger partial charge on any atom is 0.134 e. The molecule has 0 radical (unpaired) electrons. The SMILES string of the molecule is COCCc1c(O)c(I)c(I)c(I)c1I. The van der Waals surface area contributed by atoms with E-state index >= 15 is 0 Å². The lowest BCUT2D eigenvalue weighted by Crippen LogP contribution is -2.03. The van der Waals surface area contributed by atoms with Crippen molar-refractivity contribution < 1.29 is 9.84 Å². The number of aromatic hydroxyl groups is 1. The second-order valence-electron chi connectivity index (χ2n) is 2.83. The molecule has 2 nitrogen and oxygen atoms in total. The average Bonchev–Trinajstić information content (AvgIpc) is 2.24. The molecule has 0 unspecified atom stereocenters. The molecule has 1 aromatic rings. The number of phenolic OH excluding ortho intramolecular Hbond substituents is 1. The van der Waals surface area contributed by atoms with Crippen molar-refractivity contribution in [1.29, 1.82) is 0 Å². The van der Waals surface area contributed by atoms with Crippen molar-refractivity contribution in [3.05, 3.63) is 19.8 Å². The second-order valence-corrected chi connectivity index (χ2v) is 7.14. The maximum absolute atomic E-state index is 10.0. The third-order valence-corrected chi connectivity index (χ3v) is 9.39. The minimum atomic E-state index is 0.405. The van der Waals surface area contributed by atoms with Gasteiger partial charge >= 0.3 is 0 Å². The largest absolute Gasteiger partial charge is 0.506 e. The van der Waals surface area contributed by atoms with Gasteiger partial charge in [-0.2, -0.15) is 0 Å². The number of rotatable bonds is 3. The number of methoxy groups -OCH3 is 1. The summed E-state index contributed by atoms with van der Waals surface area (Å²) in [6.45, 7) is 0.635. The van der Waals surface area contributed by atoms with Crippen molar-refractivity contribution in [3.63, 3.8) is 0 Å². The quantitative estimate of drug-likeness (QED) is 0.303. The predicted octanol–water partition coefficient (Wildman–Crippen LogP) is 4.00. The standard InChI is InChI=1S/C9H8I4O2/c1-15-3-2-4-5(10)6(11)7(12)8(13)9(4)14/h14H,2-3H2,1H3. The molecule has 0 spiro atoms. The van der Waals surface area contributed by atoms with Gasteiger partial charge in [-0.15, -0.1) is 0 Å². The van der Waals surface area contributed by atoms with Crippen molar-refractivity contribution >= 4 is 90.4 Å². The Kier molecular flexibility index (Phi) is 6.71. The van der Waals surface area contributed by atoms with Crippen LogP contribution in [0.1, 0.15) is 5.56 Å². The molecule has 15 heavy (non-hydrogen) atoms. The molecule has 0 amide bonds. The fourth-order valence-electron chi connectivity index (χ4n) is 1.10. The van der Waals surface area contributed by atoms with Crippen LogP contribution in [0.2, 0.25) is 0 Å². The van der Waals surface area contributed by atoms with Crippen LogP contribution in [0.15, 0.2) is 0 Å². The summed E-state index contributed by atoms with van der Waals surface area (Å²) >= 11 is 9.04. The summed E-state index contributed by atoms with van der Waals surface area (Å²) in [5, 5.41) is 10.0. The molecule has 0 aromatic heterocycles. The fraction of sp³-hybridized carbons (Fsp3) is 0.333. The van der Waals surface area contributed by atoms with Crippen LogP contribution in [-0.2, 0) is 11.2 Å². The van der Waals surface area contributed by atoms with Crippen molar-refractivity contribution in [3.8, 4) is 5.75 Å². The van der Waals surface area contributed by atoms with Crippen molar-refractivity contribution in [2.24, 2.45) is 0 Å². The number of ether oxygens (including phenoxy) is 1. The number of benzene rings is 1. The van der Waals surface area contributed by atoms with Gasteiger partial charge in [0.05, 0.1) is 10.2 Å². The summed E-state index contributed by atoms with van der Waals surface area (Å²) in [7, 11) is 1.67. The molecule has 0 aliphatic rings. The van der Waals surface area contributed by atoms with Gasteiger partial charge in [0, 0.05) is 29.8 Å². The van der Waals surface area contributed by atoms with E-state index in [1.165, 1.54) is 3.57 Å². The van der Waals surface area contributed by atoms with Crippen LogP contribution >= 0.6 is 90.4 Å². The zero-order chi connectivity index (χ0) is 11.6. The third-order valence-electron chi connectivity index (χ3n) is 1.89. The molecular formula is C9H8I4O2. The van der Waals surface area contributed by atoms with Crippen LogP contribution in [0.25, 0.3) is 0 Å². The van der Waals surface area contributed by atoms with Crippen LogP contribution in [0.4, 0.5) is 0 Å². The Bertz CT molecular complexity index is 350. The van der Waals surface area contributed by atoms with Gasteiger partial charge in [0.1, 0.15) is 5.75 Å². The molecule has 1 rings (SSSR count). The summed E-state index contributed by atoms with van der Waals surface area (Å²) in [6, 6.07) is 0. The summed E-state index contributed by atoms with van der Waals surface area (Å²) in [5.41, 5.74) is 0.992. The van der Waals surface area contributed by atoms with E-state index in [4.69, 9.17) is 4.74 Å². The van der Waals surface area contributed by atoms with E-state index in [0.29, 0.717) is 12.4 Å². The topological polar surface area (TPSA) is 29.5 Å². The molecule has 84 valence electrons. The highest BCUT2D eigenvalue weighted by atomic mass is 127. The van der Waals surface area contributed by atoms with Gasteiger partial charge in [0.2, 0.25) is 0 Å². The lowest BCUT2D eigenvalue weighted by Gasteiger charge is -2.13. The predicted molar refractivity (Wildman–Crippen MR) is 94.6 cm³/mol. The first-order valence-corrected chi connectivity index (χ1v) is 8.35.